The van der Waals surface area contributed by atoms with Gasteiger partial charge in [-0.1, -0.05) is 34.6 Å². The van der Waals surface area contributed by atoms with Crippen LogP contribution in [0.3, 0.4) is 0 Å². The zero-order valence-electron chi connectivity index (χ0n) is 36.9. The van der Waals surface area contributed by atoms with E-state index in [1.165, 1.54) is 14.0 Å². The molecule has 0 saturated carbocycles. The van der Waals surface area contributed by atoms with Crippen molar-refractivity contribution in [3.8, 4) is 0 Å². The van der Waals surface area contributed by atoms with Crippen molar-refractivity contribution in [2.24, 2.45) is 17.8 Å². The summed E-state index contributed by atoms with van der Waals surface area (Å²) in [7, 11) is 5.30. The van der Waals surface area contributed by atoms with Crippen molar-refractivity contribution in [1.29, 1.82) is 0 Å². The standard InChI is InChI=1S/C41H79N3O12/c1-16-30-40(12,49)34(46)23(4)20-42-24(5)18-38(10,48)35(56-37-32(45)29(44(13)14)17-25(6)52-37)26(7)33(27(8)36(47)54-30)55-31-19-39(11,51-15)41(50,28(9)53-31)21-43-22(2)3/h22-35,37,42-43,45-46,48-50H,16-21H2,1-15H3/t23-,24-,25-,26-,27-,28+,29+,30+,31+,32-,33-,34+,35-,37+,38-,39-,40-,41+/m1/s1. The van der Waals surface area contributed by atoms with Crippen LogP contribution < -0.4 is 10.6 Å². The second-order valence-corrected chi connectivity index (χ2v) is 18.5. The molecule has 0 amide bonds. The molecule has 3 rings (SSSR count). The summed E-state index contributed by atoms with van der Waals surface area (Å²) in [6.07, 6.45) is -7.65. The van der Waals surface area contributed by atoms with Gasteiger partial charge in [-0.05, 0) is 87.7 Å². The Kier molecular flexibility index (Phi) is 17.2. The largest absolute Gasteiger partial charge is 0.459 e. The normalized spacial score (nSPS) is 48.0. The molecule has 0 unspecified atom stereocenters. The van der Waals surface area contributed by atoms with Gasteiger partial charge in [0.1, 0.15) is 29.0 Å². The van der Waals surface area contributed by atoms with E-state index < -0.39 is 95.3 Å². The lowest BCUT2D eigenvalue weighted by molar-refractivity contribution is -0.336. The number of ether oxygens (including phenoxy) is 6. The molecule has 3 aliphatic rings. The molecule has 0 aromatic rings. The number of carbonyl (C=O) groups excluding carboxylic acids is 1. The van der Waals surface area contributed by atoms with Crippen molar-refractivity contribution in [1.82, 2.24) is 15.5 Å². The van der Waals surface area contributed by atoms with Crippen LogP contribution >= 0.6 is 0 Å². The predicted octanol–water partition coefficient (Wildman–Crippen LogP) is 1.93. The minimum atomic E-state index is -1.79. The quantitative estimate of drug-likeness (QED) is 0.158. The molecule has 56 heavy (non-hydrogen) atoms. The molecular weight excluding hydrogens is 726 g/mol. The third kappa shape index (κ3) is 11.0. The predicted molar refractivity (Wildman–Crippen MR) is 212 cm³/mol. The van der Waals surface area contributed by atoms with E-state index in [-0.39, 0.29) is 50.0 Å². The molecule has 330 valence electrons. The van der Waals surface area contributed by atoms with Crippen molar-refractivity contribution < 1.29 is 58.7 Å². The minimum absolute atomic E-state index is 0.0842. The van der Waals surface area contributed by atoms with E-state index in [0.717, 1.165) is 0 Å². The van der Waals surface area contributed by atoms with E-state index in [0.29, 0.717) is 13.0 Å². The summed E-state index contributed by atoms with van der Waals surface area (Å²) in [4.78, 5) is 16.2. The van der Waals surface area contributed by atoms with Crippen LogP contribution in [0.15, 0.2) is 0 Å². The maximum absolute atomic E-state index is 14.3. The maximum atomic E-state index is 14.3. The molecule has 0 radical (unpaired) electrons. The molecule has 0 aromatic carbocycles. The fourth-order valence-electron chi connectivity index (χ4n) is 9.10. The lowest BCUT2D eigenvalue weighted by atomic mass is 9.75. The lowest BCUT2D eigenvalue weighted by Gasteiger charge is -2.54. The number of nitrogens with one attached hydrogen (secondary N) is 2. The Morgan fingerprint density at radius 2 is 1.61 bits per heavy atom. The Balaban J connectivity index is 2.17. The number of methoxy groups -OCH3 is 1. The molecule has 3 fully saturated rings. The summed E-state index contributed by atoms with van der Waals surface area (Å²) in [6, 6.07) is -0.505. The van der Waals surface area contributed by atoms with Crippen LogP contribution in [0.2, 0.25) is 0 Å². The lowest BCUT2D eigenvalue weighted by Crippen LogP contribution is -2.70. The first-order valence-corrected chi connectivity index (χ1v) is 20.8. The number of hydrogen-bond donors (Lipinski definition) is 7. The van der Waals surface area contributed by atoms with Gasteiger partial charge in [0, 0.05) is 50.7 Å². The zero-order valence-corrected chi connectivity index (χ0v) is 36.9. The second-order valence-electron chi connectivity index (χ2n) is 18.5. The Bertz CT molecular complexity index is 1240. The third-order valence-electron chi connectivity index (χ3n) is 13.0. The molecule has 3 saturated heterocycles. The number of cyclic esters (lactones) is 1. The zero-order chi connectivity index (χ0) is 42.7. The Labute approximate surface area is 336 Å². The number of hydrogen-bond acceptors (Lipinski definition) is 15. The first-order chi connectivity index (χ1) is 25.8. The molecule has 15 heteroatoms. The van der Waals surface area contributed by atoms with Gasteiger partial charge in [-0.25, -0.2) is 0 Å². The third-order valence-corrected chi connectivity index (χ3v) is 13.0. The number of rotatable bonds is 10. The molecule has 7 N–H and O–H groups in total. The van der Waals surface area contributed by atoms with E-state index in [2.05, 4.69) is 10.6 Å². The van der Waals surface area contributed by atoms with Gasteiger partial charge < -0.3 is 69.5 Å². The van der Waals surface area contributed by atoms with Gasteiger partial charge in [0.25, 0.3) is 0 Å². The summed E-state index contributed by atoms with van der Waals surface area (Å²) < 4.78 is 38.3. The van der Waals surface area contributed by atoms with Crippen LogP contribution in [0.4, 0.5) is 0 Å². The number of aliphatic hydroxyl groups is 5. The smallest absolute Gasteiger partial charge is 0.311 e. The van der Waals surface area contributed by atoms with E-state index in [9.17, 15) is 30.3 Å². The van der Waals surface area contributed by atoms with Gasteiger partial charge >= 0.3 is 5.97 Å². The molecule has 0 bridgehead atoms. The Hall–Kier alpha value is -1.05. The van der Waals surface area contributed by atoms with Gasteiger partial charge in [-0.15, -0.1) is 0 Å². The molecule has 0 spiro atoms. The Morgan fingerprint density at radius 1 is 0.982 bits per heavy atom. The summed E-state index contributed by atoms with van der Waals surface area (Å²) in [5, 5.41) is 65.9. The number of likely N-dealkylation sites (N-methyl/N-ethyl adjacent to an activating group) is 1. The Morgan fingerprint density at radius 3 is 2.16 bits per heavy atom. The molecule has 0 aliphatic carbocycles. The highest BCUT2D eigenvalue weighted by molar-refractivity contribution is 5.73. The summed E-state index contributed by atoms with van der Waals surface area (Å²) >= 11 is 0. The number of aliphatic hydroxyl groups excluding tert-OH is 2. The van der Waals surface area contributed by atoms with Crippen molar-refractivity contribution in [2.45, 2.75) is 205 Å². The molecule has 3 heterocycles. The molecular formula is C41H79N3O12. The number of nitrogens with zero attached hydrogens (tertiary/aromatic N) is 1. The van der Waals surface area contributed by atoms with Crippen molar-refractivity contribution >= 4 is 5.97 Å². The maximum Gasteiger partial charge on any atom is 0.311 e. The van der Waals surface area contributed by atoms with Gasteiger partial charge in [-0.3, -0.25) is 4.79 Å². The van der Waals surface area contributed by atoms with E-state index in [1.54, 1.807) is 41.5 Å². The second kappa shape index (κ2) is 19.6. The van der Waals surface area contributed by atoms with Crippen LogP contribution in [0, 0.1) is 17.8 Å². The fraction of sp³-hybridized carbons (Fsp3) is 0.976. The monoisotopic (exact) mass is 806 g/mol. The van der Waals surface area contributed by atoms with Crippen LogP contribution in [0.25, 0.3) is 0 Å². The van der Waals surface area contributed by atoms with Crippen LogP contribution in [-0.2, 0) is 33.2 Å². The average molecular weight is 806 g/mol. The highest BCUT2D eigenvalue weighted by Crippen LogP contribution is 2.43. The highest BCUT2D eigenvalue weighted by atomic mass is 16.7. The van der Waals surface area contributed by atoms with Gasteiger partial charge in [0.2, 0.25) is 0 Å². The van der Waals surface area contributed by atoms with E-state index >= 15 is 0 Å². The molecule has 0 aromatic heterocycles. The number of esters is 1. The molecule has 3 aliphatic heterocycles. The summed E-state index contributed by atoms with van der Waals surface area (Å²) in [5.74, 6) is -2.97. The van der Waals surface area contributed by atoms with Crippen LogP contribution in [-0.4, -0.2) is 167 Å². The van der Waals surface area contributed by atoms with Crippen molar-refractivity contribution in [2.75, 3.05) is 34.3 Å². The van der Waals surface area contributed by atoms with E-state index in [4.69, 9.17) is 28.4 Å². The van der Waals surface area contributed by atoms with Gasteiger partial charge in [0.05, 0.1) is 42.0 Å². The first-order valence-electron chi connectivity index (χ1n) is 20.8. The van der Waals surface area contributed by atoms with Crippen LogP contribution in [0.1, 0.15) is 109 Å². The van der Waals surface area contributed by atoms with Crippen LogP contribution in [0.5, 0.6) is 0 Å². The highest BCUT2D eigenvalue weighted by Gasteiger charge is 2.58. The topological polar surface area (TPSA) is 201 Å². The average Bonchev–Trinajstić information content (AvgIpc) is 3.11. The summed E-state index contributed by atoms with van der Waals surface area (Å²) in [5.41, 5.74) is -5.99. The SMILES string of the molecule is CC[C@@H]1OC(=O)[C@H](C)[C@H](O[C@H]2C[C@@](C)(OC)[C@](O)(CNC(C)C)[C@H](C)O2)[C@@H](C)[C@@H](O[C@@H]2O[C@H](C)C[C@H](N(C)C)[C@H]2O)[C@](C)(O)C[C@@H](C)NC[C@@H](C)[C@H](O)[C@]1(C)O. The molecule has 15 nitrogen and oxygen atoms in total. The summed E-state index contributed by atoms with van der Waals surface area (Å²) in [6.45, 7) is 22.0. The van der Waals surface area contributed by atoms with Gasteiger partial charge in [-0.2, -0.15) is 0 Å². The van der Waals surface area contributed by atoms with Crippen molar-refractivity contribution in [3.05, 3.63) is 0 Å². The van der Waals surface area contributed by atoms with Crippen molar-refractivity contribution in [3.63, 3.8) is 0 Å². The minimum Gasteiger partial charge on any atom is -0.459 e. The van der Waals surface area contributed by atoms with Gasteiger partial charge in [0.15, 0.2) is 12.6 Å². The number of carbonyl (C=O) groups is 1. The first kappa shape index (κ1) is 49.3. The van der Waals surface area contributed by atoms with E-state index in [1.807, 2.05) is 53.6 Å². The fourth-order valence-corrected chi connectivity index (χ4v) is 9.10. The molecule has 18 atom stereocenters.